The Labute approximate surface area is 187 Å². The monoisotopic (exact) mass is 471 g/mol. The summed E-state index contributed by atoms with van der Waals surface area (Å²) in [6.07, 6.45) is -2.93. The van der Waals surface area contributed by atoms with E-state index < -0.39 is 28.8 Å². The molecular formula is C21H22ClF4N5O. The first-order valence-electron chi connectivity index (χ1n) is 10.0. The molecule has 172 valence electrons. The summed E-state index contributed by atoms with van der Waals surface area (Å²) in [6, 6.07) is 4.82. The molecule has 1 aliphatic rings. The number of carbonyl (C=O) groups excluding carboxylic acids is 1. The summed E-state index contributed by atoms with van der Waals surface area (Å²) in [6.45, 7) is 7.44. The topological polar surface area (TPSA) is 56.0 Å². The zero-order valence-electron chi connectivity index (χ0n) is 17.9. The molecule has 0 bridgehead atoms. The molecule has 4 rings (SSSR count). The van der Waals surface area contributed by atoms with Crippen molar-refractivity contribution in [3.05, 3.63) is 58.4 Å². The van der Waals surface area contributed by atoms with Gasteiger partial charge in [0.1, 0.15) is 11.9 Å². The fraction of sp³-hybridized carbons (Fsp3) is 0.381. The number of benzene rings is 1. The first-order valence-corrected chi connectivity index (χ1v) is 10.4. The van der Waals surface area contributed by atoms with Gasteiger partial charge in [0.25, 0.3) is 5.91 Å². The molecule has 1 saturated heterocycles. The lowest BCUT2D eigenvalue weighted by molar-refractivity contribution is -0.141. The number of aromatic nitrogens is 4. The van der Waals surface area contributed by atoms with E-state index in [1.165, 1.54) is 30.2 Å². The van der Waals surface area contributed by atoms with Crippen LogP contribution < -0.4 is 4.90 Å². The van der Waals surface area contributed by atoms with Crippen LogP contribution in [-0.4, -0.2) is 32.0 Å². The molecule has 32 heavy (non-hydrogen) atoms. The largest absolute Gasteiger partial charge is 0.436 e. The van der Waals surface area contributed by atoms with E-state index in [1.54, 1.807) is 23.7 Å². The Morgan fingerprint density at radius 2 is 1.72 bits per heavy atom. The molecule has 1 aromatic carbocycles. The molecule has 11 heteroatoms. The van der Waals surface area contributed by atoms with Crippen LogP contribution in [0.3, 0.4) is 0 Å². The molecule has 1 unspecified atom stereocenters. The lowest BCUT2D eigenvalue weighted by atomic mass is 10.2. The summed E-state index contributed by atoms with van der Waals surface area (Å²) in [4.78, 5) is 14.5. The summed E-state index contributed by atoms with van der Waals surface area (Å²) < 4.78 is 55.1. The minimum atomic E-state index is -4.71. The van der Waals surface area contributed by atoms with Crippen molar-refractivity contribution < 1.29 is 22.4 Å². The molecule has 2 aromatic heterocycles. The van der Waals surface area contributed by atoms with Crippen LogP contribution >= 0.6 is 11.6 Å². The first-order chi connectivity index (χ1) is 15.1. The Kier molecular flexibility index (Phi) is 6.64. The Balaban J connectivity index is 0.00000141. The van der Waals surface area contributed by atoms with E-state index in [1.807, 2.05) is 13.8 Å². The highest BCUT2D eigenvalue weighted by atomic mass is 35.5. The minimum absolute atomic E-state index is 0.0860. The average Bonchev–Trinajstić information content (AvgIpc) is 3.40. The number of hydrogen-bond donors (Lipinski definition) is 0. The van der Waals surface area contributed by atoms with Gasteiger partial charge in [-0.05, 0) is 44.5 Å². The molecule has 1 aliphatic heterocycles. The van der Waals surface area contributed by atoms with E-state index >= 15 is 0 Å². The van der Waals surface area contributed by atoms with Crippen LogP contribution in [0.1, 0.15) is 43.4 Å². The minimum Gasteiger partial charge on any atom is -0.307 e. The third-order valence-electron chi connectivity index (χ3n) is 5.16. The van der Waals surface area contributed by atoms with Crippen LogP contribution in [0.5, 0.6) is 0 Å². The molecule has 3 heterocycles. The lowest BCUT2D eigenvalue weighted by Gasteiger charge is -2.17. The van der Waals surface area contributed by atoms with Gasteiger partial charge in [0.05, 0.1) is 34.0 Å². The van der Waals surface area contributed by atoms with Gasteiger partial charge in [-0.2, -0.15) is 23.4 Å². The van der Waals surface area contributed by atoms with Gasteiger partial charge in [0.2, 0.25) is 0 Å². The molecule has 0 N–H and O–H groups in total. The maximum atomic E-state index is 13.2. The maximum absolute atomic E-state index is 13.2. The van der Waals surface area contributed by atoms with Crippen molar-refractivity contribution in [2.75, 3.05) is 11.4 Å². The van der Waals surface area contributed by atoms with Gasteiger partial charge in [-0.25, -0.2) is 9.07 Å². The highest BCUT2D eigenvalue weighted by molar-refractivity contribution is 6.32. The predicted octanol–water partition coefficient (Wildman–Crippen LogP) is 5.50. The number of hydrogen-bond acceptors (Lipinski definition) is 3. The number of carbonyl (C=O) groups is 1. The number of amides is 1. The molecular weight excluding hydrogens is 450 g/mol. The van der Waals surface area contributed by atoms with Gasteiger partial charge in [0.15, 0.2) is 5.69 Å². The van der Waals surface area contributed by atoms with Crippen LogP contribution in [0.25, 0.3) is 5.69 Å². The van der Waals surface area contributed by atoms with Crippen LogP contribution in [0.15, 0.2) is 30.5 Å². The number of alkyl halides is 3. The highest BCUT2D eigenvalue weighted by Crippen LogP contribution is 2.38. The van der Waals surface area contributed by atoms with Crippen molar-refractivity contribution in [3.8, 4) is 5.69 Å². The second-order valence-electron chi connectivity index (χ2n) is 6.99. The summed E-state index contributed by atoms with van der Waals surface area (Å²) in [5.41, 5.74) is 0.671. The summed E-state index contributed by atoms with van der Waals surface area (Å²) in [7, 11) is 0. The summed E-state index contributed by atoms with van der Waals surface area (Å²) in [5.74, 6) is -0.777. The van der Waals surface area contributed by atoms with Crippen molar-refractivity contribution in [3.63, 3.8) is 0 Å². The fourth-order valence-corrected chi connectivity index (χ4v) is 3.85. The van der Waals surface area contributed by atoms with Gasteiger partial charge >= 0.3 is 6.18 Å². The van der Waals surface area contributed by atoms with Crippen molar-refractivity contribution in [1.29, 1.82) is 0 Å². The number of nitrogens with zero attached hydrogens (tertiary/aromatic N) is 5. The SMILES string of the molecule is CC.Cc1c(N2CCC(n3nc(C(F)(F)F)c(Cl)c3C)C2=O)cnn1-c1ccc(F)cc1. The van der Waals surface area contributed by atoms with Crippen molar-refractivity contribution in [2.24, 2.45) is 0 Å². The molecule has 0 spiro atoms. The van der Waals surface area contributed by atoms with Gasteiger partial charge < -0.3 is 4.90 Å². The third-order valence-corrected chi connectivity index (χ3v) is 5.62. The van der Waals surface area contributed by atoms with E-state index in [-0.39, 0.29) is 24.5 Å². The quantitative estimate of drug-likeness (QED) is 0.474. The Morgan fingerprint density at radius 3 is 2.28 bits per heavy atom. The van der Waals surface area contributed by atoms with Gasteiger partial charge in [-0.1, -0.05) is 25.4 Å². The van der Waals surface area contributed by atoms with Crippen LogP contribution in [0.2, 0.25) is 5.02 Å². The summed E-state index contributed by atoms with van der Waals surface area (Å²) in [5, 5.41) is 7.34. The Morgan fingerprint density at radius 1 is 1.09 bits per heavy atom. The van der Waals surface area contributed by atoms with E-state index in [0.717, 1.165) is 4.68 Å². The zero-order chi connectivity index (χ0) is 23.8. The van der Waals surface area contributed by atoms with Crippen LogP contribution in [-0.2, 0) is 11.0 Å². The third kappa shape index (κ3) is 4.11. The van der Waals surface area contributed by atoms with Crippen molar-refractivity contribution in [2.45, 2.75) is 46.3 Å². The number of anilines is 1. The molecule has 6 nitrogen and oxygen atoms in total. The lowest BCUT2D eigenvalue weighted by Crippen LogP contribution is -2.29. The van der Waals surface area contributed by atoms with E-state index in [2.05, 4.69) is 10.2 Å². The second kappa shape index (κ2) is 8.93. The van der Waals surface area contributed by atoms with Gasteiger partial charge in [-0.15, -0.1) is 0 Å². The summed E-state index contributed by atoms with van der Waals surface area (Å²) >= 11 is 5.82. The molecule has 3 aromatic rings. The standard InChI is InChI=1S/C19H16ClF4N5O.C2H6/c1-10-15(9-25-28(10)13-5-3-12(21)4-6-13)27-8-7-14(18(27)30)29-11(2)16(20)17(26-29)19(22,23)24;1-2/h3-6,9,14H,7-8H2,1-2H3;1-2H3. The Hall–Kier alpha value is -2.88. The average molecular weight is 472 g/mol. The zero-order valence-corrected chi connectivity index (χ0v) is 18.7. The highest BCUT2D eigenvalue weighted by Gasteiger charge is 2.42. The first kappa shape index (κ1) is 23.8. The maximum Gasteiger partial charge on any atom is 0.436 e. The van der Waals surface area contributed by atoms with Crippen molar-refractivity contribution >= 4 is 23.2 Å². The Bertz CT molecular complexity index is 1120. The molecule has 0 aliphatic carbocycles. The van der Waals surface area contributed by atoms with Crippen LogP contribution in [0.4, 0.5) is 23.2 Å². The van der Waals surface area contributed by atoms with Gasteiger partial charge in [-0.3, -0.25) is 9.48 Å². The smallest absolute Gasteiger partial charge is 0.307 e. The molecule has 1 fully saturated rings. The normalized spacial score (nSPS) is 16.3. The number of rotatable bonds is 3. The van der Waals surface area contributed by atoms with Crippen LogP contribution in [0, 0.1) is 19.7 Å². The molecule has 0 saturated carbocycles. The van der Waals surface area contributed by atoms with E-state index in [4.69, 9.17) is 11.6 Å². The number of halogens is 5. The molecule has 1 atom stereocenters. The van der Waals surface area contributed by atoms with Crippen molar-refractivity contribution in [1.82, 2.24) is 19.6 Å². The molecule has 1 amide bonds. The fourth-order valence-electron chi connectivity index (χ4n) is 3.62. The van der Waals surface area contributed by atoms with E-state index in [9.17, 15) is 22.4 Å². The predicted molar refractivity (Wildman–Crippen MR) is 113 cm³/mol. The van der Waals surface area contributed by atoms with E-state index in [0.29, 0.717) is 17.1 Å². The molecule has 0 radical (unpaired) electrons. The van der Waals surface area contributed by atoms with Gasteiger partial charge in [0, 0.05) is 6.54 Å². The second-order valence-corrected chi connectivity index (χ2v) is 7.37.